The van der Waals surface area contributed by atoms with Crippen molar-refractivity contribution >= 4 is 11.6 Å². The highest BCUT2D eigenvalue weighted by Gasteiger charge is 2.31. The maximum Gasteiger partial charge on any atom is 0.417 e. The fourth-order valence-corrected chi connectivity index (χ4v) is 3.57. The van der Waals surface area contributed by atoms with E-state index in [1.807, 2.05) is 37.3 Å². The Morgan fingerprint density at radius 1 is 1.19 bits per heavy atom. The number of halogens is 3. The van der Waals surface area contributed by atoms with Gasteiger partial charge < -0.3 is 11.1 Å². The first kappa shape index (κ1) is 22.7. The van der Waals surface area contributed by atoms with E-state index in [4.69, 9.17) is 5.73 Å². The van der Waals surface area contributed by atoms with E-state index in [9.17, 15) is 18.0 Å². The van der Waals surface area contributed by atoms with Crippen LogP contribution in [-0.2, 0) is 17.4 Å². The molecule has 0 bridgehead atoms. The molecule has 1 unspecified atom stereocenters. The first-order chi connectivity index (χ1) is 14.8. The van der Waals surface area contributed by atoms with Crippen LogP contribution in [0, 0.1) is 0 Å². The number of benzene rings is 1. The Balaban J connectivity index is 0.000000254. The van der Waals surface area contributed by atoms with Crippen molar-refractivity contribution < 1.29 is 18.0 Å². The van der Waals surface area contributed by atoms with E-state index in [1.165, 1.54) is 16.9 Å². The van der Waals surface area contributed by atoms with E-state index in [1.54, 1.807) is 0 Å². The van der Waals surface area contributed by atoms with Gasteiger partial charge in [0.05, 0.1) is 11.6 Å². The molecule has 1 saturated heterocycles. The highest BCUT2D eigenvalue weighted by molar-refractivity contribution is 5.79. The van der Waals surface area contributed by atoms with Gasteiger partial charge in [-0.25, -0.2) is 0 Å². The number of hydrogen-bond acceptors (Lipinski definition) is 4. The summed E-state index contributed by atoms with van der Waals surface area (Å²) in [6.07, 6.45) is 0.585. The van der Waals surface area contributed by atoms with Gasteiger partial charge in [0.2, 0.25) is 5.91 Å². The molecule has 31 heavy (non-hydrogen) atoms. The zero-order valence-electron chi connectivity index (χ0n) is 17.3. The molecule has 3 heterocycles. The molecule has 3 N–H and O–H groups in total. The average Bonchev–Trinajstić information content (AvgIpc) is 3.18. The molecule has 0 saturated carbocycles. The lowest BCUT2D eigenvalue weighted by molar-refractivity contribution is -0.137. The van der Waals surface area contributed by atoms with Gasteiger partial charge in [0, 0.05) is 12.1 Å². The number of aromatic nitrogens is 3. The first-order valence-electron chi connectivity index (χ1n) is 10.2. The van der Waals surface area contributed by atoms with E-state index in [0.29, 0.717) is 17.9 Å². The number of nitrogens with zero attached hydrogens (tertiary/aromatic N) is 3. The predicted molar refractivity (Wildman–Crippen MR) is 111 cm³/mol. The molecule has 4 rings (SSSR count). The van der Waals surface area contributed by atoms with Gasteiger partial charge in [0.15, 0.2) is 5.65 Å². The minimum atomic E-state index is -4.38. The number of piperidine rings is 1. The van der Waals surface area contributed by atoms with Crippen molar-refractivity contribution in [3.05, 3.63) is 65.6 Å². The molecule has 0 spiro atoms. The lowest BCUT2D eigenvalue weighted by Gasteiger charge is -2.19. The summed E-state index contributed by atoms with van der Waals surface area (Å²) in [4.78, 5) is 10.5. The SMILES string of the molecule is C[C@H](Cc1ccccc1)c1nnc2ccc(C(F)(F)F)cn12.NC(=O)C1CCCCN1. The topological polar surface area (TPSA) is 85.3 Å². The molecule has 6 nitrogen and oxygen atoms in total. The Labute approximate surface area is 178 Å². The normalized spacial score (nSPS) is 17.6. The first-order valence-corrected chi connectivity index (χ1v) is 10.2. The lowest BCUT2D eigenvalue weighted by Crippen LogP contribution is -2.44. The molecule has 0 radical (unpaired) electrons. The monoisotopic (exact) mass is 433 g/mol. The number of nitrogens with two attached hydrogens (primary N) is 1. The fourth-order valence-electron chi connectivity index (χ4n) is 3.57. The predicted octanol–water partition coefficient (Wildman–Crippen LogP) is 3.71. The van der Waals surface area contributed by atoms with E-state index in [2.05, 4.69) is 15.5 Å². The lowest BCUT2D eigenvalue weighted by atomic mass is 10.0. The van der Waals surface area contributed by atoms with E-state index < -0.39 is 11.7 Å². The third-order valence-corrected chi connectivity index (χ3v) is 5.24. The maximum absolute atomic E-state index is 12.8. The van der Waals surface area contributed by atoms with Crippen LogP contribution in [0.4, 0.5) is 13.2 Å². The molecule has 1 amide bonds. The van der Waals surface area contributed by atoms with Gasteiger partial charge in [-0.1, -0.05) is 43.7 Å². The number of rotatable bonds is 4. The molecule has 3 aromatic rings. The number of nitrogens with one attached hydrogen (secondary N) is 1. The van der Waals surface area contributed by atoms with Crippen molar-refractivity contribution in [3.63, 3.8) is 0 Å². The quantitative estimate of drug-likeness (QED) is 0.657. The molecule has 1 aliphatic rings. The van der Waals surface area contributed by atoms with Crippen molar-refractivity contribution in [1.29, 1.82) is 0 Å². The van der Waals surface area contributed by atoms with Crippen LogP contribution < -0.4 is 11.1 Å². The zero-order valence-corrected chi connectivity index (χ0v) is 17.3. The van der Waals surface area contributed by atoms with Gasteiger partial charge in [-0.2, -0.15) is 13.2 Å². The zero-order chi connectivity index (χ0) is 22.4. The second-order valence-corrected chi connectivity index (χ2v) is 7.70. The summed E-state index contributed by atoms with van der Waals surface area (Å²) in [5.41, 5.74) is 5.89. The van der Waals surface area contributed by atoms with Gasteiger partial charge in [-0.05, 0) is 43.5 Å². The molecule has 166 valence electrons. The van der Waals surface area contributed by atoms with Crippen LogP contribution in [0.3, 0.4) is 0 Å². The molecule has 9 heteroatoms. The molecular weight excluding hydrogens is 407 g/mol. The third-order valence-electron chi connectivity index (χ3n) is 5.24. The third kappa shape index (κ3) is 6.04. The number of amides is 1. The van der Waals surface area contributed by atoms with Crippen molar-refractivity contribution in [3.8, 4) is 0 Å². The van der Waals surface area contributed by atoms with Crippen LogP contribution in [0.5, 0.6) is 0 Å². The fraction of sp³-hybridized carbons (Fsp3) is 0.409. The Kier molecular flexibility index (Phi) is 7.27. The number of hydrogen-bond donors (Lipinski definition) is 2. The van der Waals surface area contributed by atoms with Crippen molar-refractivity contribution in [2.75, 3.05) is 6.54 Å². The van der Waals surface area contributed by atoms with Crippen LogP contribution >= 0.6 is 0 Å². The van der Waals surface area contributed by atoms with Gasteiger partial charge in [0.1, 0.15) is 5.82 Å². The number of primary amides is 1. The smallest absolute Gasteiger partial charge is 0.368 e. The average molecular weight is 433 g/mol. The van der Waals surface area contributed by atoms with E-state index in [-0.39, 0.29) is 17.9 Å². The van der Waals surface area contributed by atoms with Gasteiger partial charge in [-0.15, -0.1) is 10.2 Å². The molecule has 1 aromatic carbocycles. The van der Waals surface area contributed by atoms with E-state index in [0.717, 1.165) is 37.2 Å². The minimum Gasteiger partial charge on any atom is -0.368 e. The number of alkyl halides is 3. The number of pyridine rings is 1. The Hall–Kier alpha value is -2.94. The van der Waals surface area contributed by atoms with Crippen molar-refractivity contribution in [2.24, 2.45) is 5.73 Å². The Morgan fingerprint density at radius 2 is 1.94 bits per heavy atom. The van der Waals surface area contributed by atoms with Crippen LogP contribution in [0.15, 0.2) is 48.7 Å². The number of fused-ring (bicyclic) bond motifs is 1. The summed E-state index contributed by atoms with van der Waals surface area (Å²) in [6.45, 7) is 2.87. The van der Waals surface area contributed by atoms with Crippen molar-refractivity contribution in [2.45, 2.75) is 50.7 Å². The van der Waals surface area contributed by atoms with Crippen molar-refractivity contribution in [1.82, 2.24) is 19.9 Å². The highest BCUT2D eigenvalue weighted by Crippen LogP contribution is 2.30. The summed E-state index contributed by atoms with van der Waals surface area (Å²) >= 11 is 0. The minimum absolute atomic E-state index is 0.0408. The van der Waals surface area contributed by atoms with Crippen LogP contribution in [-0.4, -0.2) is 33.1 Å². The van der Waals surface area contributed by atoms with Gasteiger partial charge >= 0.3 is 6.18 Å². The molecule has 1 aliphatic heterocycles. The van der Waals surface area contributed by atoms with Gasteiger partial charge in [-0.3, -0.25) is 9.20 Å². The standard InChI is InChI=1S/C16H14F3N3.C6H12N2O/c1-11(9-12-5-3-2-4-6-12)15-21-20-14-8-7-13(10-22(14)15)16(17,18)19;7-6(9)5-3-1-2-4-8-5/h2-8,10-11H,9H2,1H3;5,8H,1-4H2,(H2,7,9)/t11-;/m1./s1. The van der Waals surface area contributed by atoms with Gasteiger partial charge in [0.25, 0.3) is 0 Å². The summed E-state index contributed by atoms with van der Waals surface area (Å²) in [6, 6.07) is 12.1. The summed E-state index contributed by atoms with van der Waals surface area (Å²) < 4.78 is 40.0. The molecule has 0 aliphatic carbocycles. The molecule has 2 aromatic heterocycles. The highest BCUT2D eigenvalue weighted by atomic mass is 19.4. The van der Waals surface area contributed by atoms with Crippen LogP contribution in [0.25, 0.3) is 5.65 Å². The van der Waals surface area contributed by atoms with E-state index >= 15 is 0 Å². The second-order valence-electron chi connectivity index (χ2n) is 7.70. The summed E-state index contributed by atoms with van der Waals surface area (Å²) in [7, 11) is 0. The number of carbonyl (C=O) groups is 1. The van der Waals surface area contributed by atoms with Crippen LogP contribution in [0.2, 0.25) is 0 Å². The largest absolute Gasteiger partial charge is 0.417 e. The summed E-state index contributed by atoms with van der Waals surface area (Å²) in [5.74, 6) is 0.278. The Morgan fingerprint density at radius 3 is 2.52 bits per heavy atom. The number of carbonyl (C=O) groups excluding carboxylic acids is 1. The second kappa shape index (κ2) is 9.91. The van der Waals surface area contributed by atoms with Crippen LogP contribution in [0.1, 0.15) is 49.1 Å². The summed E-state index contributed by atoms with van der Waals surface area (Å²) in [5, 5.41) is 11.1. The molecule has 1 fully saturated rings. The Bertz CT molecular complexity index is 997. The molecule has 2 atom stereocenters. The maximum atomic E-state index is 12.8. The molecular formula is C22H26F3N5O.